The van der Waals surface area contributed by atoms with E-state index < -0.39 is 0 Å². The van der Waals surface area contributed by atoms with Gasteiger partial charge in [0.15, 0.2) is 0 Å². The maximum atomic E-state index is 13.4. The lowest BCUT2D eigenvalue weighted by molar-refractivity contribution is 0.0603. The third kappa shape index (κ3) is 5.50. The molecule has 3 aromatic heterocycles. The molecular weight excluding hydrogens is 528 g/mol. The second-order valence-corrected chi connectivity index (χ2v) is 12.6. The van der Waals surface area contributed by atoms with Crippen LogP contribution in [0.3, 0.4) is 0 Å². The molecule has 0 aliphatic carbocycles. The van der Waals surface area contributed by atoms with Crippen LogP contribution in [0, 0.1) is 0 Å². The number of hydrogen-bond acceptors (Lipinski definition) is 7. The molecule has 2 aliphatic heterocycles. The van der Waals surface area contributed by atoms with Gasteiger partial charge in [-0.3, -0.25) is 9.59 Å². The summed E-state index contributed by atoms with van der Waals surface area (Å²) in [5.41, 5.74) is 4.33. The summed E-state index contributed by atoms with van der Waals surface area (Å²) in [6.45, 7) is 6.79. The van der Waals surface area contributed by atoms with Gasteiger partial charge in [0, 0.05) is 61.2 Å². The number of imidazole rings is 1. The quantitative estimate of drug-likeness (QED) is 0.240. The molecule has 3 N–H and O–H groups in total. The zero-order chi connectivity index (χ0) is 26.8. The van der Waals surface area contributed by atoms with Crippen molar-refractivity contribution < 1.29 is 4.79 Å². The topological polar surface area (TPSA) is 97.1 Å². The molecule has 0 saturated carbocycles. The molecule has 2 aliphatic rings. The Morgan fingerprint density at radius 3 is 2.87 bits per heavy atom. The first kappa shape index (κ1) is 26.2. The molecule has 4 aromatic rings. The van der Waals surface area contributed by atoms with Gasteiger partial charge in [0.1, 0.15) is 11.4 Å². The number of likely N-dealkylation sites (tertiary alicyclic amines) is 1. The molecule has 1 fully saturated rings. The number of pyridine rings is 1. The Hall–Kier alpha value is -3.08. The SMILES string of the molecule is CCSCCN1CCC(N2Cc3cc4[nH]c(-c5c(NCCc6cccs6)cc[nH]c5=O)nc4cc3C2=O)CC1. The monoisotopic (exact) mass is 562 g/mol. The molecule has 204 valence electrons. The van der Waals surface area contributed by atoms with Gasteiger partial charge >= 0.3 is 0 Å². The van der Waals surface area contributed by atoms with E-state index in [1.54, 1.807) is 17.5 Å². The lowest BCUT2D eigenvalue weighted by atomic mass is 10.0. The number of benzene rings is 1. The lowest BCUT2D eigenvalue weighted by Crippen LogP contribution is -2.45. The number of thioether (sulfide) groups is 1. The molecule has 39 heavy (non-hydrogen) atoms. The molecule has 1 aromatic carbocycles. The zero-order valence-electron chi connectivity index (χ0n) is 22.2. The minimum absolute atomic E-state index is 0.102. The van der Waals surface area contributed by atoms with Crippen LogP contribution in [-0.4, -0.2) is 74.4 Å². The van der Waals surface area contributed by atoms with Crippen molar-refractivity contribution in [2.45, 2.75) is 38.8 Å². The van der Waals surface area contributed by atoms with Crippen LogP contribution in [-0.2, 0) is 13.0 Å². The summed E-state index contributed by atoms with van der Waals surface area (Å²) in [5, 5.41) is 5.48. The van der Waals surface area contributed by atoms with Crippen molar-refractivity contribution >= 4 is 45.7 Å². The first-order valence-electron chi connectivity index (χ1n) is 13.7. The first-order valence-corrected chi connectivity index (χ1v) is 15.8. The highest BCUT2D eigenvalue weighted by Crippen LogP contribution is 2.32. The van der Waals surface area contributed by atoms with Crippen LogP contribution in [0.2, 0.25) is 0 Å². The van der Waals surface area contributed by atoms with Crippen LogP contribution in [0.15, 0.2) is 46.7 Å². The minimum atomic E-state index is -0.204. The molecule has 0 radical (unpaired) electrons. The standard InChI is InChI=1S/C29H34N6O2S2/c1-2-38-15-13-34-11-7-20(8-12-34)35-18-19-16-24-25(17-22(19)29(35)37)33-27(32-24)26-23(6-10-31-28(26)36)30-9-5-21-4-3-14-39-21/h3-4,6,10,14,16-17,20H,2,5,7-9,11-13,15,18H2,1H3,(H,32,33)(H2,30,31,36). The Balaban J connectivity index is 1.17. The molecule has 10 heteroatoms. The van der Waals surface area contributed by atoms with E-state index in [2.05, 4.69) is 43.5 Å². The summed E-state index contributed by atoms with van der Waals surface area (Å²) in [5.74, 6) is 2.95. The number of nitrogens with zero attached hydrogens (tertiary/aromatic N) is 3. The smallest absolute Gasteiger partial charge is 0.261 e. The molecule has 6 rings (SSSR count). The number of aromatic nitrogens is 3. The van der Waals surface area contributed by atoms with Crippen molar-refractivity contribution in [3.8, 4) is 11.4 Å². The van der Waals surface area contributed by atoms with Crippen LogP contribution >= 0.6 is 23.1 Å². The zero-order valence-corrected chi connectivity index (χ0v) is 23.8. The van der Waals surface area contributed by atoms with Gasteiger partial charge in [0.25, 0.3) is 11.5 Å². The number of rotatable bonds is 10. The Bertz CT molecular complexity index is 1500. The van der Waals surface area contributed by atoms with E-state index in [1.165, 1.54) is 10.6 Å². The van der Waals surface area contributed by atoms with Crippen LogP contribution in [0.4, 0.5) is 5.69 Å². The van der Waals surface area contributed by atoms with Crippen LogP contribution < -0.4 is 10.9 Å². The van der Waals surface area contributed by atoms with Crippen molar-refractivity contribution in [3.05, 3.63) is 68.3 Å². The number of thiophene rings is 1. The van der Waals surface area contributed by atoms with E-state index in [4.69, 9.17) is 4.98 Å². The minimum Gasteiger partial charge on any atom is -0.384 e. The number of carbonyl (C=O) groups is 1. The van der Waals surface area contributed by atoms with E-state index in [-0.39, 0.29) is 17.5 Å². The van der Waals surface area contributed by atoms with Gasteiger partial charge < -0.3 is 25.1 Å². The largest absolute Gasteiger partial charge is 0.384 e. The van der Waals surface area contributed by atoms with E-state index in [0.717, 1.165) is 67.0 Å². The fourth-order valence-corrected chi connectivity index (χ4v) is 7.07. The number of hydrogen-bond donors (Lipinski definition) is 3. The fraction of sp³-hybridized carbons (Fsp3) is 0.414. The van der Waals surface area contributed by atoms with Gasteiger partial charge in [-0.15, -0.1) is 11.3 Å². The van der Waals surface area contributed by atoms with Gasteiger partial charge in [0.05, 0.1) is 16.7 Å². The Morgan fingerprint density at radius 2 is 2.08 bits per heavy atom. The van der Waals surface area contributed by atoms with E-state index in [1.807, 2.05) is 36.0 Å². The molecule has 1 amide bonds. The number of anilines is 1. The predicted octanol–water partition coefficient (Wildman–Crippen LogP) is 4.81. The molecule has 0 atom stereocenters. The van der Waals surface area contributed by atoms with Crippen molar-refractivity contribution in [2.24, 2.45) is 0 Å². The molecule has 0 spiro atoms. The van der Waals surface area contributed by atoms with E-state index >= 15 is 0 Å². The van der Waals surface area contributed by atoms with E-state index in [0.29, 0.717) is 30.0 Å². The fourth-order valence-electron chi connectivity index (χ4n) is 5.68. The second kappa shape index (κ2) is 11.6. The summed E-state index contributed by atoms with van der Waals surface area (Å²) in [6.07, 6.45) is 4.58. The van der Waals surface area contributed by atoms with Gasteiger partial charge in [-0.05, 0) is 60.2 Å². The highest BCUT2D eigenvalue weighted by Gasteiger charge is 2.35. The van der Waals surface area contributed by atoms with Gasteiger partial charge in [-0.2, -0.15) is 11.8 Å². The summed E-state index contributed by atoms with van der Waals surface area (Å²) >= 11 is 3.72. The normalized spacial score (nSPS) is 16.3. The molecule has 1 saturated heterocycles. The Labute approximate surface area is 236 Å². The molecule has 0 bridgehead atoms. The summed E-state index contributed by atoms with van der Waals surface area (Å²) in [4.78, 5) is 43.1. The maximum absolute atomic E-state index is 13.4. The summed E-state index contributed by atoms with van der Waals surface area (Å²) in [7, 11) is 0. The van der Waals surface area contributed by atoms with Crippen molar-refractivity contribution in [2.75, 3.05) is 43.0 Å². The molecule has 5 heterocycles. The highest BCUT2D eigenvalue weighted by atomic mass is 32.2. The maximum Gasteiger partial charge on any atom is 0.261 e. The highest BCUT2D eigenvalue weighted by molar-refractivity contribution is 7.99. The van der Waals surface area contributed by atoms with Crippen molar-refractivity contribution in [1.82, 2.24) is 24.8 Å². The predicted molar refractivity (Wildman–Crippen MR) is 161 cm³/mol. The van der Waals surface area contributed by atoms with Crippen LogP contribution in [0.25, 0.3) is 22.4 Å². The lowest BCUT2D eigenvalue weighted by Gasteiger charge is -2.36. The van der Waals surface area contributed by atoms with Crippen molar-refractivity contribution in [1.29, 1.82) is 0 Å². The average molecular weight is 563 g/mol. The first-order chi connectivity index (χ1) is 19.1. The molecule has 0 unspecified atom stereocenters. The second-order valence-electron chi connectivity index (χ2n) is 10.2. The Morgan fingerprint density at radius 1 is 1.21 bits per heavy atom. The van der Waals surface area contributed by atoms with E-state index in [9.17, 15) is 9.59 Å². The van der Waals surface area contributed by atoms with Crippen molar-refractivity contribution in [3.63, 3.8) is 0 Å². The third-order valence-electron chi connectivity index (χ3n) is 7.76. The number of nitrogens with one attached hydrogen (secondary N) is 3. The van der Waals surface area contributed by atoms with Crippen LogP contribution in [0.1, 0.15) is 40.6 Å². The number of aromatic amines is 2. The summed E-state index contributed by atoms with van der Waals surface area (Å²) < 4.78 is 0. The third-order valence-corrected chi connectivity index (χ3v) is 9.57. The van der Waals surface area contributed by atoms with Crippen LogP contribution in [0.5, 0.6) is 0 Å². The van der Waals surface area contributed by atoms with Gasteiger partial charge in [0.2, 0.25) is 0 Å². The summed E-state index contributed by atoms with van der Waals surface area (Å²) in [6, 6.07) is 10.2. The molecular formula is C29H34N6O2S2. The number of amides is 1. The number of carbonyl (C=O) groups excluding carboxylic acids is 1. The number of H-pyrrole nitrogens is 2. The number of fused-ring (bicyclic) bond motifs is 2. The van der Waals surface area contributed by atoms with Gasteiger partial charge in [-0.25, -0.2) is 4.98 Å². The van der Waals surface area contributed by atoms with Gasteiger partial charge in [-0.1, -0.05) is 13.0 Å². The molecule has 8 nitrogen and oxygen atoms in total. The Kier molecular flexibility index (Phi) is 7.76. The average Bonchev–Trinajstić information content (AvgIpc) is 3.68. The number of piperidine rings is 1.